The number of benzene rings is 1. The third kappa shape index (κ3) is 6.63. The molecule has 0 spiro atoms. The number of amides is 1. The number of rotatable bonds is 2. The van der Waals surface area contributed by atoms with Crippen molar-refractivity contribution in [2.45, 2.75) is 38.4 Å². The van der Waals surface area contributed by atoms with Crippen molar-refractivity contribution in [3.63, 3.8) is 0 Å². The summed E-state index contributed by atoms with van der Waals surface area (Å²) in [6, 6.07) is 7.60. The molecular formula is C17H22BrNO2. The van der Waals surface area contributed by atoms with E-state index in [-0.39, 0.29) is 0 Å². The van der Waals surface area contributed by atoms with E-state index >= 15 is 0 Å². The fraction of sp³-hybridized carbons (Fsp3) is 0.353. The molecule has 21 heavy (non-hydrogen) atoms. The molecule has 1 aliphatic rings. The molecule has 0 radical (unpaired) electrons. The van der Waals surface area contributed by atoms with Gasteiger partial charge < -0.3 is 4.74 Å². The third-order valence-corrected chi connectivity index (χ3v) is 3.50. The van der Waals surface area contributed by atoms with Gasteiger partial charge in [0.1, 0.15) is 5.76 Å². The van der Waals surface area contributed by atoms with Crippen molar-refractivity contribution < 1.29 is 9.53 Å². The number of hydrogen-bond donors (Lipinski definition) is 1. The Morgan fingerprint density at radius 2 is 2.14 bits per heavy atom. The monoisotopic (exact) mass is 351 g/mol. The normalized spacial score (nSPS) is 17.0. The van der Waals surface area contributed by atoms with Crippen LogP contribution in [0.25, 0.3) is 0 Å². The zero-order chi connectivity index (χ0) is 15.7. The van der Waals surface area contributed by atoms with Gasteiger partial charge in [0.2, 0.25) is 0 Å². The van der Waals surface area contributed by atoms with Crippen LogP contribution in [0.5, 0.6) is 0 Å². The average molecular weight is 352 g/mol. The van der Waals surface area contributed by atoms with E-state index in [1.165, 1.54) is 0 Å². The summed E-state index contributed by atoms with van der Waals surface area (Å²) in [6.45, 7) is 5.98. The van der Waals surface area contributed by atoms with Crippen LogP contribution in [0.1, 0.15) is 32.3 Å². The van der Waals surface area contributed by atoms with E-state index in [9.17, 15) is 4.79 Å². The molecule has 0 aliphatic heterocycles. The van der Waals surface area contributed by atoms with E-state index in [0.29, 0.717) is 10.6 Å². The lowest BCUT2D eigenvalue weighted by molar-refractivity contribution is 0.194. The summed E-state index contributed by atoms with van der Waals surface area (Å²) in [5.74, 6) is 0.590. The van der Waals surface area contributed by atoms with Gasteiger partial charge in [-0.1, -0.05) is 48.0 Å². The van der Waals surface area contributed by atoms with Gasteiger partial charge in [0.05, 0.1) is 0 Å². The summed E-state index contributed by atoms with van der Waals surface area (Å²) >= 11 is 3.52. The molecule has 1 atom stereocenters. The van der Waals surface area contributed by atoms with Gasteiger partial charge in [0.15, 0.2) is 0 Å². The highest BCUT2D eigenvalue weighted by Crippen LogP contribution is 2.18. The fourth-order valence-electron chi connectivity index (χ4n) is 1.80. The maximum atomic E-state index is 11.8. The number of ether oxygens (including phenoxy) is 1. The van der Waals surface area contributed by atoms with Crippen LogP contribution < -0.4 is 5.32 Å². The highest BCUT2D eigenvalue weighted by molar-refractivity contribution is 9.09. The highest BCUT2D eigenvalue weighted by Gasteiger charge is 2.09. The van der Waals surface area contributed by atoms with Crippen LogP contribution in [-0.2, 0) is 4.74 Å². The third-order valence-electron chi connectivity index (χ3n) is 2.73. The van der Waals surface area contributed by atoms with Gasteiger partial charge in [-0.2, -0.15) is 0 Å². The Balaban J connectivity index is 0.00000106. The molecule has 0 aromatic heterocycles. The molecule has 4 heteroatoms. The van der Waals surface area contributed by atoms with Crippen molar-refractivity contribution in [2.75, 3.05) is 5.32 Å². The molecule has 114 valence electrons. The fourth-order valence-corrected chi connectivity index (χ4v) is 2.21. The molecule has 0 saturated carbocycles. The Hall–Kier alpha value is -1.55. The van der Waals surface area contributed by atoms with Gasteiger partial charge in [-0.15, -0.1) is 0 Å². The second kappa shape index (κ2) is 9.40. The second-order valence-corrected chi connectivity index (χ2v) is 5.62. The maximum absolute atomic E-state index is 11.8. The van der Waals surface area contributed by atoms with E-state index in [1.807, 2.05) is 63.3 Å². The summed E-state index contributed by atoms with van der Waals surface area (Å²) < 4.78 is 5.27. The van der Waals surface area contributed by atoms with Crippen LogP contribution in [-0.4, -0.2) is 10.9 Å². The topological polar surface area (TPSA) is 38.3 Å². The predicted octanol–water partition coefficient (Wildman–Crippen LogP) is 5.57. The molecule has 1 aromatic carbocycles. The number of halogens is 1. The Labute approximate surface area is 135 Å². The van der Waals surface area contributed by atoms with Crippen LogP contribution in [0.15, 0.2) is 48.3 Å². The minimum Gasteiger partial charge on any atom is -0.410 e. The largest absolute Gasteiger partial charge is 0.417 e. The minimum atomic E-state index is -0.463. The first kappa shape index (κ1) is 17.5. The highest BCUT2D eigenvalue weighted by atomic mass is 79.9. The smallest absolute Gasteiger partial charge is 0.410 e. The molecule has 0 fully saturated rings. The maximum Gasteiger partial charge on any atom is 0.417 e. The molecular weight excluding hydrogens is 330 g/mol. The van der Waals surface area contributed by atoms with Gasteiger partial charge in [0, 0.05) is 10.5 Å². The van der Waals surface area contributed by atoms with Crippen LogP contribution in [0.3, 0.4) is 0 Å². The van der Waals surface area contributed by atoms with Crippen molar-refractivity contribution in [2.24, 2.45) is 0 Å². The van der Waals surface area contributed by atoms with Gasteiger partial charge >= 0.3 is 6.09 Å². The van der Waals surface area contributed by atoms with E-state index in [4.69, 9.17) is 4.74 Å². The molecule has 1 aromatic rings. The number of carbonyl (C=O) groups excluding carboxylic acids is 1. The number of nitrogens with one attached hydrogen (secondary N) is 1. The lowest BCUT2D eigenvalue weighted by atomic mass is 10.2. The molecule has 0 bridgehead atoms. The summed E-state index contributed by atoms with van der Waals surface area (Å²) in [5, 5.41) is 2.71. The molecule has 3 nitrogen and oxygen atoms in total. The summed E-state index contributed by atoms with van der Waals surface area (Å²) in [6.07, 6.45) is 7.16. The number of aryl methyl sites for hydroxylation is 1. The first-order valence-electron chi connectivity index (χ1n) is 7.21. The Morgan fingerprint density at radius 3 is 2.86 bits per heavy atom. The molecule has 1 amide bonds. The number of hydrogen-bond acceptors (Lipinski definition) is 2. The Morgan fingerprint density at radius 1 is 1.38 bits per heavy atom. The number of anilines is 1. The number of carbonyl (C=O) groups is 1. The van der Waals surface area contributed by atoms with E-state index < -0.39 is 6.09 Å². The van der Waals surface area contributed by atoms with Crippen LogP contribution in [0.2, 0.25) is 0 Å². The van der Waals surface area contributed by atoms with E-state index in [0.717, 1.165) is 24.1 Å². The van der Waals surface area contributed by atoms with Crippen LogP contribution in [0, 0.1) is 6.92 Å². The van der Waals surface area contributed by atoms with Gasteiger partial charge in [-0.3, -0.25) is 5.32 Å². The Bertz CT molecular complexity index is 523. The average Bonchev–Trinajstić information content (AvgIpc) is 2.66. The first-order valence-corrected chi connectivity index (χ1v) is 8.13. The van der Waals surface area contributed by atoms with Crippen molar-refractivity contribution in [1.82, 2.24) is 0 Å². The quantitative estimate of drug-likeness (QED) is 0.707. The van der Waals surface area contributed by atoms with Crippen molar-refractivity contribution in [1.29, 1.82) is 0 Å². The summed E-state index contributed by atoms with van der Waals surface area (Å²) in [7, 11) is 0. The first-order chi connectivity index (χ1) is 10.1. The molecule has 2 rings (SSSR count). The number of allylic oxidation sites excluding steroid dienone is 3. The second-order valence-electron chi connectivity index (χ2n) is 4.44. The minimum absolute atomic E-state index is 0.338. The molecule has 1 N–H and O–H groups in total. The van der Waals surface area contributed by atoms with Crippen molar-refractivity contribution in [3.8, 4) is 0 Å². The summed E-state index contributed by atoms with van der Waals surface area (Å²) in [5.41, 5.74) is 1.83. The standard InChI is InChI=1S/C15H16BrNO2.C2H6/c1-11-4-2-6-13(10-11)17-15(18)19-14-7-3-5-12(16)8-9-14;1-2/h2,4,6-10,12H,3,5H2,1H3,(H,17,18);1-2H3. The predicted molar refractivity (Wildman–Crippen MR) is 91.8 cm³/mol. The van der Waals surface area contributed by atoms with Gasteiger partial charge in [0.25, 0.3) is 0 Å². The molecule has 1 unspecified atom stereocenters. The van der Waals surface area contributed by atoms with E-state index in [1.54, 1.807) is 0 Å². The zero-order valence-electron chi connectivity index (χ0n) is 12.7. The number of alkyl halides is 1. The SMILES string of the molecule is CC.Cc1cccc(NC(=O)OC2=CCCC(Br)C=C2)c1. The molecule has 0 heterocycles. The zero-order valence-corrected chi connectivity index (χ0v) is 14.3. The van der Waals surface area contributed by atoms with Gasteiger partial charge in [-0.25, -0.2) is 4.79 Å². The van der Waals surface area contributed by atoms with Gasteiger partial charge in [-0.05, 0) is 49.6 Å². The van der Waals surface area contributed by atoms with Crippen molar-refractivity contribution in [3.05, 3.63) is 53.8 Å². The molecule has 1 aliphatic carbocycles. The summed E-state index contributed by atoms with van der Waals surface area (Å²) in [4.78, 5) is 12.1. The molecule has 0 saturated heterocycles. The van der Waals surface area contributed by atoms with Crippen molar-refractivity contribution >= 4 is 27.7 Å². The lowest BCUT2D eigenvalue weighted by Crippen LogP contribution is -2.12. The van der Waals surface area contributed by atoms with E-state index in [2.05, 4.69) is 21.2 Å². The van der Waals surface area contributed by atoms with Crippen LogP contribution in [0.4, 0.5) is 10.5 Å². The Kier molecular flexibility index (Phi) is 7.83. The van der Waals surface area contributed by atoms with Crippen LogP contribution >= 0.6 is 15.9 Å². The lowest BCUT2D eigenvalue weighted by Gasteiger charge is -2.07.